The summed E-state index contributed by atoms with van der Waals surface area (Å²) in [5.74, 6) is -0.00369. The Morgan fingerprint density at radius 2 is 1.89 bits per heavy atom. The summed E-state index contributed by atoms with van der Waals surface area (Å²) >= 11 is 6.32. The van der Waals surface area contributed by atoms with E-state index in [1.54, 1.807) is 4.90 Å². The van der Waals surface area contributed by atoms with Crippen LogP contribution >= 0.6 is 11.6 Å². The highest BCUT2D eigenvalue weighted by atomic mass is 35.5. The summed E-state index contributed by atoms with van der Waals surface area (Å²) < 4.78 is 39.4. The lowest BCUT2D eigenvalue weighted by Gasteiger charge is -2.39. The first-order valence-corrected chi connectivity index (χ1v) is 12.3. The van der Waals surface area contributed by atoms with Crippen molar-refractivity contribution < 1.29 is 18.0 Å². The van der Waals surface area contributed by atoms with Crippen LogP contribution in [0.2, 0.25) is 0 Å². The summed E-state index contributed by atoms with van der Waals surface area (Å²) in [5, 5.41) is 0.0486. The third-order valence-electron chi connectivity index (χ3n) is 6.93. The lowest BCUT2D eigenvalue weighted by Crippen LogP contribution is -2.42. The number of hydrogen-bond acceptors (Lipinski definition) is 5. The third-order valence-corrected chi connectivity index (χ3v) is 7.33. The maximum atomic E-state index is 13.1. The molecule has 2 aliphatic heterocycles. The van der Waals surface area contributed by atoms with E-state index in [9.17, 15) is 18.0 Å². The number of carbonyl (C=O) groups is 1. The molecule has 0 unspecified atom stereocenters. The van der Waals surface area contributed by atoms with Crippen molar-refractivity contribution in [3.8, 4) is 0 Å². The maximum Gasteiger partial charge on any atom is 0.433 e. The number of likely N-dealkylation sites (tertiary alicyclic amines) is 2. The number of amides is 1. The second kappa shape index (κ2) is 10.5. The molecule has 6 nitrogen and oxygen atoms in total. The van der Waals surface area contributed by atoms with Gasteiger partial charge >= 0.3 is 6.18 Å². The van der Waals surface area contributed by atoms with Gasteiger partial charge in [0.2, 0.25) is 5.91 Å². The van der Waals surface area contributed by atoms with E-state index in [-0.39, 0.29) is 39.8 Å². The minimum absolute atomic E-state index is 0.00369. The number of alkyl halides is 3. The summed E-state index contributed by atoms with van der Waals surface area (Å²) in [5.41, 5.74) is 5.62. The zero-order valence-corrected chi connectivity index (χ0v) is 21.6. The molecule has 1 spiro atoms. The van der Waals surface area contributed by atoms with Crippen LogP contribution in [0.4, 0.5) is 13.2 Å². The molecule has 35 heavy (non-hydrogen) atoms. The summed E-state index contributed by atoms with van der Waals surface area (Å²) in [6, 6.07) is 3.52. The summed E-state index contributed by atoms with van der Waals surface area (Å²) in [6.07, 6.45) is -1.16. The molecule has 1 aromatic rings. The van der Waals surface area contributed by atoms with Gasteiger partial charge in [-0.25, -0.2) is 4.98 Å². The van der Waals surface area contributed by atoms with Crippen LogP contribution in [0.25, 0.3) is 5.70 Å². The van der Waals surface area contributed by atoms with E-state index in [2.05, 4.69) is 35.6 Å². The molecule has 194 valence electrons. The van der Waals surface area contributed by atoms with E-state index in [0.717, 1.165) is 45.0 Å². The predicted octanol–water partition coefficient (Wildman–Crippen LogP) is 4.79. The lowest BCUT2D eigenvalue weighted by molar-refractivity contribution is -0.141. The zero-order chi connectivity index (χ0) is 26.0. The number of carbonyl (C=O) groups excluding carboxylic acids is 1. The fourth-order valence-electron chi connectivity index (χ4n) is 4.69. The van der Waals surface area contributed by atoms with Crippen LogP contribution in [0.5, 0.6) is 0 Å². The first kappa shape index (κ1) is 27.5. The number of hydrogen-bond donors (Lipinski definition) is 1. The molecule has 1 aromatic heterocycles. The van der Waals surface area contributed by atoms with E-state index in [1.165, 1.54) is 19.2 Å². The molecular weight excluding hydrogens is 479 g/mol. The fraction of sp³-hybridized carbons (Fsp3) is 0.640. The standard InChI is InChI=1S/C25H35ClF3N5O/c1-23(2,3)8-11-33-12-9-24(10-13-33)14-20(35)34(16-24)15-17(22(26)31-4)21(30)18-6-5-7-19(32-18)25(27,28)29/h5-7H,8-16,30H2,1-4H3/b21-17-,31-22?. The number of halogens is 4. The Kier molecular flexibility index (Phi) is 8.21. The number of rotatable bonds is 6. The van der Waals surface area contributed by atoms with Crippen molar-refractivity contribution in [2.24, 2.45) is 21.6 Å². The summed E-state index contributed by atoms with van der Waals surface area (Å²) in [4.78, 5) is 24.8. The number of nitrogens with zero attached hydrogens (tertiary/aromatic N) is 4. The van der Waals surface area contributed by atoms with Gasteiger partial charge in [0.15, 0.2) is 0 Å². The number of nitrogens with two attached hydrogens (primary N) is 1. The van der Waals surface area contributed by atoms with Crippen molar-refractivity contribution >= 4 is 28.4 Å². The molecular formula is C25H35ClF3N5O. The maximum absolute atomic E-state index is 13.1. The normalized spacial score (nSPS) is 20.5. The minimum Gasteiger partial charge on any atom is -0.397 e. The Labute approximate surface area is 210 Å². The molecule has 3 rings (SSSR count). The van der Waals surface area contributed by atoms with Gasteiger partial charge in [0, 0.05) is 25.6 Å². The van der Waals surface area contributed by atoms with Crippen LogP contribution in [0.1, 0.15) is 57.8 Å². The van der Waals surface area contributed by atoms with Crippen molar-refractivity contribution in [1.82, 2.24) is 14.8 Å². The monoisotopic (exact) mass is 513 g/mol. The Morgan fingerprint density at radius 1 is 1.23 bits per heavy atom. The van der Waals surface area contributed by atoms with E-state index in [0.29, 0.717) is 18.5 Å². The quantitative estimate of drug-likeness (QED) is 0.555. The molecule has 2 saturated heterocycles. The van der Waals surface area contributed by atoms with E-state index < -0.39 is 11.9 Å². The van der Waals surface area contributed by atoms with Crippen LogP contribution in [0.15, 0.2) is 28.8 Å². The van der Waals surface area contributed by atoms with Gasteiger partial charge < -0.3 is 15.5 Å². The minimum atomic E-state index is -4.60. The molecule has 0 aliphatic carbocycles. The number of aliphatic imine (C=N–C) groups is 1. The number of aromatic nitrogens is 1. The van der Waals surface area contributed by atoms with Gasteiger partial charge in [0.05, 0.1) is 17.9 Å². The molecule has 0 bridgehead atoms. The van der Waals surface area contributed by atoms with Gasteiger partial charge in [0.25, 0.3) is 0 Å². The Hall–Kier alpha value is -2.13. The van der Waals surface area contributed by atoms with Gasteiger partial charge in [0.1, 0.15) is 10.9 Å². The number of piperidine rings is 1. The summed E-state index contributed by atoms with van der Waals surface area (Å²) in [7, 11) is 1.47. The van der Waals surface area contributed by atoms with Crippen molar-refractivity contribution in [3.05, 3.63) is 35.2 Å². The Balaban J connectivity index is 1.75. The third kappa shape index (κ3) is 6.97. The van der Waals surface area contributed by atoms with Gasteiger partial charge in [-0.15, -0.1) is 0 Å². The average molecular weight is 514 g/mol. The SMILES string of the molecule is CN=C(Cl)/C(CN1CC2(CCN(CCC(C)(C)C)CC2)CC1=O)=C(\N)c1cccc(C(F)(F)F)n1. The van der Waals surface area contributed by atoms with Gasteiger partial charge in [-0.05, 0) is 61.9 Å². The van der Waals surface area contributed by atoms with E-state index in [1.807, 2.05) is 0 Å². The molecule has 1 amide bonds. The molecule has 3 heterocycles. The highest BCUT2D eigenvalue weighted by molar-refractivity contribution is 6.70. The first-order valence-electron chi connectivity index (χ1n) is 11.9. The highest BCUT2D eigenvalue weighted by Crippen LogP contribution is 2.41. The van der Waals surface area contributed by atoms with Crippen LogP contribution < -0.4 is 5.73 Å². The van der Waals surface area contributed by atoms with Crippen LogP contribution in [0.3, 0.4) is 0 Å². The van der Waals surface area contributed by atoms with Gasteiger partial charge in [-0.2, -0.15) is 13.2 Å². The van der Waals surface area contributed by atoms with Gasteiger partial charge in [-0.3, -0.25) is 9.79 Å². The van der Waals surface area contributed by atoms with Crippen molar-refractivity contribution in [2.45, 2.75) is 52.6 Å². The lowest BCUT2D eigenvalue weighted by atomic mass is 9.77. The Morgan fingerprint density at radius 3 is 2.46 bits per heavy atom. The first-order chi connectivity index (χ1) is 16.2. The molecule has 0 radical (unpaired) electrons. The van der Waals surface area contributed by atoms with Crippen LogP contribution in [0, 0.1) is 10.8 Å². The van der Waals surface area contributed by atoms with Crippen LogP contribution in [-0.2, 0) is 11.0 Å². The molecule has 0 atom stereocenters. The van der Waals surface area contributed by atoms with Crippen molar-refractivity contribution in [1.29, 1.82) is 0 Å². The molecule has 2 aliphatic rings. The molecule has 0 aromatic carbocycles. The molecule has 0 saturated carbocycles. The van der Waals surface area contributed by atoms with Crippen molar-refractivity contribution in [2.75, 3.05) is 39.8 Å². The molecule has 10 heteroatoms. The second-order valence-corrected chi connectivity index (χ2v) is 11.2. The number of pyridine rings is 1. The summed E-state index contributed by atoms with van der Waals surface area (Å²) in [6.45, 7) is 10.3. The van der Waals surface area contributed by atoms with E-state index in [4.69, 9.17) is 17.3 Å². The van der Waals surface area contributed by atoms with E-state index >= 15 is 0 Å². The predicted molar refractivity (Wildman–Crippen MR) is 133 cm³/mol. The second-order valence-electron chi connectivity index (χ2n) is 10.9. The topological polar surface area (TPSA) is 74.8 Å². The highest BCUT2D eigenvalue weighted by Gasteiger charge is 2.45. The van der Waals surface area contributed by atoms with Crippen LogP contribution in [-0.4, -0.2) is 65.6 Å². The largest absolute Gasteiger partial charge is 0.433 e. The smallest absolute Gasteiger partial charge is 0.397 e. The zero-order valence-electron chi connectivity index (χ0n) is 20.9. The molecule has 2 fully saturated rings. The average Bonchev–Trinajstić information content (AvgIpc) is 3.09. The van der Waals surface area contributed by atoms with Gasteiger partial charge in [-0.1, -0.05) is 38.4 Å². The fourth-order valence-corrected chi connectivity index (χ4v) is 4.85. The Bertz CT molecular complexity index is 992. The van der Waals surface area contributed by atoms with Crippen molar-refractivity contribution in [3.63, 3.8) is 0 Å². The molecule has 2 N–H and O–H groups in total.